The van der Waals surface area contributed by atoms with Crippen LogP contribution in [-0.2, 0) is 6.42 Å². The summed E-state index contributed by atoms with van der Waals surface area (Å²) in [5, 5.41) is 9.62. The van der Waals surface area contributed by atoms with Crippen molar-refractivity contribution < 1.29 is 14.2 Å². The molecule has 0 aliphatic heterocycles. The summed E-state index contributed by atoms with van der Waals surface area (Å²) in [7, 11) is 1.34. The predicted molar refractivity (Wildman–Crippen MR) is 55.1 cm³/mol. The van der Waals surface area contributed by atoms with E-state index in [1.807, 2.05) is 0 Å². The van der Waals surface area contributed by atoms with Gasteiger partial charge < -0.3 is 15.6 Å². The number of aromatic hydroxyl groups is 1. The summed E-state index contributed by atoms with van der Waals surface area (Å²) >= 11 is 3.06. The van der Waals surface area contributed by atoms with Gasteiger partial charge in [-0.2, -0.15) is 0 Å². The lowest BCUT2D eigenvalue weighted by molar-refractivity contribution is 0.375. The second-order valence-corrected chi connectivity index (χ2v) is 3.55. The van der Waals surface area contributed by atoms with Gasteiger partial charge in [-0.3, -0.25) is 0 Å². The van der Waals surface area contributed by atoms with E-state index < -0.39 is 5.82 Å². The largest absolute Gasteiger partial charge is 0.506 e. The Morgan fingerprint density at radius 3 is 2.79 bits per heavy atom. The van der Waals surface area contributed by atoms with Crippen molar-refractivity contribution in [3.8, 4) is 11.5 Å². The number of phenolic OH excluding ortho intramolecular Hbond substituents is 1. The van der Waals surface area contributed by atoms with Gasteiger partial charge in [0.25, 0.3) is 0 Å². The number of rotatable bonds is 3. The van der Waals surface area contributed by atoms with Crippen LogP contribution in [0.15, 0.2) is 10.5 Å². The molecule has 1 rings (SSSR count). The van der Waals surface area contributed by atoms with Gasteiger partial charge in [-0.25, -0.2) is 4.39 Å². The van der Waals surface area contributed by atoms with Crippen LogP contribution in [0.4, 0.5) is 4.39 Å². The second kappa shape index (κ2) is 4.61. The number of nitrogens with two attached hydrogens (primary N) is 1. The summed E-state index contributed by atoms with van der Waals surface area (Å²) in [6, 6.07) is 1.23. The van der Waals surface area contributed by atoms with Gasteiger partial charge >= 0.3 is 0 Å². The number of benzene rings is 1. The summed E-state index contributed by atoms with van der Waals surface area (Å²) < 4.78 is 18.3. The molecule has 0 unspecified atom stereocenters. The zero-order valence-electron chi connectivity index (χ0n) is 7.68. The van der Waals surface area contributed by atoms with Gasteiger partial charge in [0.1, 0.15) is 10.2 Å². The summed E-state index contributed by atoms with van der Waals surface area (Å²) in [4.78, 5) is 0. The first kappa shape index (κ1) is 11.3. The number of hydrogen-bond donors (Lipinski definition) is 2. The van der Waals surface area contributed by atoms with E-state index in [0.29, 0.717) is 18.5 Å². The highest BCUT2D eigenvalue weighted by Crippen LogP contribution is 2.38. The summed E-state index contributed by atoms with van der Waals surface area (Å²) in [5.74, 6) is -0.530. The Kier molecular flexibility index (Phi) is 3.71. The van der Waals surface area contributed by atoms with E-state index in [1.54, 1.807) is 0 Å². The maximum Gasteiger partial charge on any atom is 0.172 e. The van der Waals surface area contributed by atoms with Crippen molar-refractivity contribution in [3.05, 3.63) is 21.9 Å². The maximum atomic E-state index is 13.3. The second-order valence-electron chi connectivity index (χ2n) is 2.75. The van der Waals surface area contributed by atoms with E-state index in [4.69, 9.17) is 10.5 Å². The quantitative estimate of drug-likeness (QED) is 0.875. The molecular formula is C9H11BrFNO2. The first-order valence-electron chi connectivity index (χ1n) is 4.05. The van der Waals surface area contributed by atoms with Gasteiger partial charge in [0, 0.05) is 0 Å². The Labute approximate surface area is 89.8 Å². The predicted octanol–water partition coefficient (Wildman–Crippen LogP) is 1.80. The third kappa shape index (κ3) is 1.99. The first-order chi connectivity index (χ1) is 6.61. The van der Waals surface area contributed by atoms with Crippen molar-refractivity contribution in [2.75, 3.05) is 13.7 Å². The molecule has 0 saturated carbocycles. The molecule has 0 amide bonds. The van der Waals surface area contributed by atoms with E-state index in [0.717, 1.165) is 0 Å². The Morgan fingerprint density at radius 1 is 1.64 bits per heavy atom. The molecule has 0 bridgehead atoms. The molecule has 0 heterocycles. The molecule has 0 aliphatic rings. The molecule has 5 heteroatoms. The number of phenols is 1. The monoisotopic (exact) mass is 263 g/mol. The van der Waals surface area contributed by atoms with Gasteiger partial charge in [0.15, 0.2) is 11.6 Å². The van der Waals surface area contributed by atoms with E-state index >= 15 is 0 Å². The highest BCUT2D eigenvalue weighted by atomic mass is 79.9. The van der Waals surface area contributed by atoms with Crippen molar-refractivity contribution in [2.45, 2.75) is 6.42 Å². The Hall–Kier alpha value is -0.810. The van der Waals surface area contributed by atoms with Gasteiger partial charge in [0.2, 0.25) is 0 Å². The smallest absolute Gasteiger partial charge is 0.172 e. The summed E-state index contributed by atoms with van der Waals surface area (Å²) in [6.45, 7) is 0.353. The van der Waals surface area contributed by atoms with Crippen molar-refractivity contribution in [2.24, 2.45) is 5.73 Å². The summed E-state index contributed by atoms with van der Waals surface area (Å²) in [6.07, 6.45) is 0.422. The molecule has 0 saturated heterocycles. The van der Waals surface area contributed by atoms with E-state index in [2.05, 4.69) is 15.9 Å². The fourth-order valence-corrected chi connectivity index (χ4v) is 1.78. The van der Waals surface area contributed by atoms with Crippen LogP contribution in [0.25, 0.3) is 0 Å². The van der Waals surface area contributed by atoms with Crippen molar-refractivity contribution in [1.29, 1.82) is 0 Å². The van der Waals surface area contributed by atoms with Crippen LogP contribution in [0, 0.1) is 5.82 Å². The van der Waals surface area contributed by atoms with E-state index in [9.17, 15) is 9.50 Å². The van der Waals surface area contributed by atoms with Crippen molar-refractivity contribution >= 4 is 15.9 Å². The standard InChI is InChI=1S/C9H11BrFNO2/c1-14-9-6(11)4-5(2-3-12)8(13)7(9)10/h4,13H,2-3,12H2,1H3. The molecule has 1 aromatic rings. The average Bonchev–Trinajstić information content (AvgIpc) is 2.15. The molecule has 0 radical (unpaired) electrons. The SMILES string of the molecule is COc1c(F)cc(CCN)c(O)c1Br. The molecule has 1 aromatic carbocycles. The topological polar surface area (TPSA) is 55.5 Å². The minimum absolute atomic E-state index is 0.00303. The van der Waals surface area contributed by atoms with Crippen LogP contribution in [0.2, 0.25) is 0 Å². The molecule has 0 aliphatic carbocycles. The zero-order chi connectivity index (χ0) is 10.7. The average molecular weight is 264 g/mol. The normalized spacial score (nSPS) is 10.3. The highest BCUT2D eigenvalue weighted by Gasteiger charge is 2.15. The minimum Gasteiger partial charge on any atom is -0.506 e. The van der Waals surface area contributed by atoms with Crippen LogP contribution < -0.4 is 10.5 Å². The molecule has 3 nitrogen and oxygen atoms in total. The van der Waals surface area contributed by atoms with Crippen LogP contribution in [-0.4, -0.2) is 18.8 Å². The number of halogens is 2. The Balaban J connectivity index is 3.25. The van der Waals surface area contributed by atoms with Crippen molar-refractivity contribution in [1.82, 2.24) is 0 Å². The van der Waals surface area contributed by atoms with Gasteiger partial charge in [-0.05, 0) is 40.5 Å². The van der Waals surface area contributed by atoms with Gasteiger partial charge in [0.05, 0.1) is 7.11 Å². The molecular weight excluding hydrogens is 253 g/mol. The van der Waals surface area contributed by atoms with Crippen LogP contribution in [0.1, 0.15) is 5.56 Å². The van der Waals surface area contributed by atoms with Crippen molar-refractivity contribution in [3.63, 3.8) is 0 Å². The lowest BCUT2D eigenvalue weighted by atomic mass is 10.1. The Morgan fingerprint density at radius 2 is 2.29 bits per heavy atom. The highest BCUT2D eigenvalue weighted by molar-refractivity contribution is 9.10. The summed E-state index contributed by atoms with van der Waals surface area (Å²) in [5.41, 5.74) is 5.79. The van der Waals surface area contributed by atoms with E-state index in [-0.39, 0.29) is 16.0 Å². The molecule has 0 aromatic heterocycles. The molecule has 0 atom stereocenters. The van der Waals surface area contributed by atoms with Gasteiger partial charge in [-0.1, -0.05) is 0 Å². The Bertz CT molecular complexity index is 344. The fraction of sp³-hybridized carbons (Fsp3) is 0.333. The molecule has 0 spiro atoms. The first-order valence-corrected chi connectivity index (χ1v) is 4.85. The molecule has 3 N–H and O–H groups in total. The van der Waals surface area contributed by atoms with Crippen LogP contribution >= 0.6 is 15.9 Å². The molecule has 0 fully saturated rings. The molecule has 78 valence electrons. The van der Waals surface area contributed by atoms with Crippen LogP contribution in [0.5, 0.6) is 11.5 Å². The van der Waals surface area contributed by atoms with E-state index in [1.165, 1.54) is 13.2 Å². The lowest BCUT2D eigenvalue weighted by Gasteiger charge is -2.10. The third-order valence-electron chi connectivity index (χ3n) is 1.85. The minimum atomic E-state index is -0.513. The molecule has 14 heavy (non-hydrogen) atoms. The van der Waals surface area contributed by atoms with Crippen LogP contribution in [0.3, 0.4) is 0 Å². The van der Waals surface area contributed by atoms with Gasteiger partial charge in [-0.15, -0.1) is 0 Å². The number of ether oxygens (including phenoxy) is 1. The number of hydrogen-bond acceptors (Lipinski definition) is 3. The maximum absolute atomic E-state index is 13.3. The zero-order valence-corrected chi connectivity index (χ0v) is 9.27. The number of methoxy groups -OCH3 is 1. The fourth-order valence-electron chi connectivity index (χ4n) is 1.17. The lowest BCUT2D eigenvalue weighted by Crippen LogP contribution is -2.04. The third-order valence-corrected chi connectivity index (χ3v) is 2.58.